The van der Waals surface area contributed by atoms with Crippen LogP contribution >= 0.6 is 0 Å². The van der Waals surface area contributed by atoms with Gasteiger partial charge < -0.3 is 14.4 Å². The predicted molar refractivity (Wildman–Crippen MR) is 73.6 cm³/mol. The second kappa shape index (κ2) is 6.67. The van der Waals surface area contributed by atoms with E-state index in [2.05, 4.69) is 4.74 Å². The number of amides is 1. The van der Waals surface area contributed by atoms with Gasteiger partial charge in [0.15, 0.2) is 0 Å². The fraction of sp³-hybridized carbons (Fsp3) is 0.846. The molecule has 1 aliphatic carbocycles. The number of methoxy groups -OCH3 is 1. The van der Waals surface area contributed by atoms with Crippen LogP contribution < -0.4 is 0 Å². The Bertz CT molecular complexity index is 402. The Morgan fingerprint density at radius 2 is 1.95 bits per heavy atom. The summed E-state index contributed by atoms with van der Waals surface area (Å²) in [7, 11) is 0.142. The average Bonchev–Trinajstić information content (AvgIpc) is 3.18. The van der Waals surface area contributed by atoms with Gasteiger partial charge in [0.2, 0.25) is 5.91 Å². The van der Waals surface area contributed by atoms with E-state index in [1.54, 1.807) is 4.90 Å². The van der Waals surface area contributed by atoms with E-state index in [4.69, 9.17) is 4.74 Å². The molecule has 1 saturated heterocycles. The summed E-state index contributed by atoms with van der Waals surface area (Å²) in [6.07, 6.45) is 2.08. The maximum absolute atomic E-state index is 12.1. The highest BCUT2D eigenvalue weighted by molar-refractivity contribution is 7.85. The molecule has 2 aliphatic rings. The van der Waals surface area contributed by atoms with Crippen molar-refractivity contribution in [2.75, 3.05) is 44.9 Å². The Morgan fingerprint density at radius 1 is 1.30 bits per heavy atom. The van der Waals surface area contributed by atoms with Crippen LogP contribution in [0.4, 0.5) is 0 Å². The van der Waals surface area contributed by atoms with Crippen molar-refractivity contribution in [3.05, 3.63) is 0 Å². The molecule has 114 valence electrons. The van der Waals surface area contributed by atoms with E-state index in [-0.39, 0.29) is 23.0 Å². The number of hydrogen-bond donors (Lipinski definition) is 0. The van der Waals surface area contributed by atoms with Crippen molar-refractivity contribution in [2.45, 2.75) is 19.3 Å². The van der Waals surface area contributed by atoms with Crippen LogP contribution in [0.25, 0.3) is 0 Å². The molecule has 0 bridgehead atoms. The average molecular weight is 303 g/mol. The van der Waals surface area contributed by atoms with Gasteiger partial charge in [-0.2, -0.15) is 0 Å². The van der Waals surface area contributed by atoms with E-state index >= 15 is 0 Å². The van der Waals surface area contributed by atoms with Crippen LogP contribution in [0.5, 0.6) is 0 Å². The molecule has 6 nitrogen and oxygen atoms in total. The van der Waals surface area contributed by atoms with Crippen LogP contribution in [0, 0.1) is 5.41 Å². The van der Waals surface area contributed by atoms with Gasteiger partial charge >= 0.3 is 5.97 Å². The minimum atomic E-state index is -1.22. The molecular weight excluding hydrogens is 282 g/mol. The second-order valence-electron chi connectivity index (χ2n) is 5.47. The lowest BCUT2D eigenvalue weighted by atomic mass is 10.1. The van der Waals surface area contributed by atoms with Gasteiger partial charge in [0.05, 0.1) is 26.7 Å². The maximum Gasteiger partial charge on any atom is 0.306 e. The number of ether oxygens (including phenoxy) is 2. The standard InChI is InChI=1S/C13H21NO5S/c1-18-12(16)8-13(2-3-13)10-20(17)9-11(15)14-4-6-19-7-5-14/h2-10H2,1H3. The third-order valence-corrected chi connectivity index (χ3v) is 5.32. The maximum atomic E-state index is 12.1. The summed E-state index contributed by atoms with van der Waals surface area (Å²) < 4.78 is 21.9. The van der Waals surface area contributed by atoms with Crippen molar-refractivity contribution in [3.63, 3.8) is 0 Å². The van der Waals surface area contributed by atoms with Crippen molar-refractivity contribution >= 4 is 22.7 Å². The van der Waals surface area contributed by atoms with Gasteiger partial charge in [-0.1, -0.05) is 0 Å². The Balaban J connectivity index is 1.77. The van der Waals surface area contributed by atoms with Crippen molar-refractivity contribution in [1.29, 1.82) is 0 Å². The molecule has 2 fully saturated rings. The summed E-state index contributed by atoms with van der Waals surface area (Å²) in [4.78, 5) is 25.0. The van der Waals surface area contributed by atoms with Gasteiger partial charge in [0.25, 0.3) is 0 Å². The number of morpholine rings is 1. The molecule has 20 heavy (non-hydrogen) atoms. The molecule has 1 amide bonds. The molecule has 0 radical (unpaired) electrons. The molecule has 0 N–H and O–H groups in total. The smallest absolute Gasteiger partial charge is 0.306 e. The molecule has 2 rings (SSSR count). The quantitative estimate of drug-likeness (QED) is 0.643. The monoisotopic (exact) mass is 303 g/mol. The Labute approximate surface area is 121 Å². The van der Waals surface area contributed by atoms with Crippen LogP contribution in [0.3, 0.4) is 0 Å². The molecule has 0 aromatic rings. The van der Waals surface area contributed by atoms with Crippen LogP contribution in [-0.2, 0) is 29.9 Å². The number of carbonyl (C=O) groups is 2. The molecule has 1 aliphatic heterocycles. The van der Waals surface area contributed by atoms with Crippen LogP contribution in [0.15, 0.2) is 0 Å². The van der Waals surface area contributed by atoms with Gasteiger partial charge in [-0.05, 0) is 18.3 Å². The fourth-order valence-electron chi connectivity index (χ4n) is 2.36. The van der Waals surface area contributed by atoms with Gasteiger partial charge in [0.1, 0.15) is 5.75 Å². The highest BCUT2D eigenvalue weighted by atomic mass is 32.2. The lowest BCUT2D eigenvalue weighted by molar-refractivity contribution is -0.141. The SMILES string of the molecule is COC(=O)CC1(CS(=O)CC(=O)N2CCOCC2)CC1. The molecule has 1 unspecified atom stereocenters. The van der Waals surface area contributed by atoms with Crippen molar-refractivity contribution in [2.24, 2.45) is 5.41 Å². The zero-order chi connectivity index (χ0) is 14.6. The molecule has 1 saturated carbocycles. The molecule has 7 heteroatoms. The van der Waals surface area contributed by atoms with E-state index < -0.39 is 10.8 Å². The summed E-state index contributed by atoms with van der Waals surface area (Å²) >= 11 is 0. The van der Waals surface area contributed by atoms with Crippen LogP contribution in [0.1, 0.15) is 19.3 Å². The molecule has 1 heterocycles. The summed E-state index contributed by atoms with van der Waals surface area (Å²) in [6, 6.07) is 0. The molecule has 0 aromatic heterocycles. The first-order valence-electron chi connectivity index (χ1n) is 6.82. The highest BCUT2D eigenvalue weighted by Crippen LogP contribution is 2.49. The van der Waals surface area contributed by atoms with E-state index in [0.29, 0.717) is 38.5 Å². The van der Waals surface area contributed by atoms with E-state index in [1.165, 1.54) is 7.11 Å². The zero-order valence-electron chi connectivity index (χ0n) is 11.8. The molecule has 0 aromatic carbocycles. The lowest BCUT2D eigenvalue weighted by Crippen LogP contribution is -2.43. The van der Waals surface area contributed by atoms with Gasteiger partial charge in [-0.3, -0.25) is 13.8 Å². The van der Waals surface area contributed by atoms with Crippen molar-refractivity contribution in [3.8, 4) is 0 Å². The first kappa shape index (κ1) is 15.4. The molecule has 1 atom stereocenters. The molecule has 0 spiro atoms. The summed E-state index contributed by atoms with van der Waals surface area (Å²) in [6.45, 7) is 2.24. The first-order valence-corrected chi connectivity index (χ1v) is 8.31. The van der Waals surface area contributed by atoms with Gasteiger partial charge in [-0.25, -0.2) is 0 Å². The number of carbonyl (C=O) groups excluding carboxylic acids is 2. The van der Waals surface area contributed by atoms with E-state index in [0.717, 1.165) is 12.8 Å². The van der Waals surface area contributed by atoms with Gasteiger partial charge in [0, 0.05) is 29.6 Å². The number of nitrogens with zero attached hydrogens (tertiary/aromatic N) is 1. The normalized spacial score (nSPS) is 22.1. The van der Waals surface area contributed by atoms with E-state index in [9.17, 15) is 13.8 Å². The number of esters is 1. The van der Waals surface area contributed by atoms with Crippen LogP contribution in [0.2, 0.25) is 0 Å². The van der Waals surface area contributed by atoms with Gasteiger partial charge in [-0.15, -0.1) is 0 Å². The molecular formula is C13H21NO5S. The minimum absolute atomic E-state index is 0.0446. The zero-order valence-corrected chi connectivity index (χ0v) is 12.6. The first-order chi connectivity index (χ1) is 9.54. The highest BCUT2D eigenvalue weighted by Gasteiger charge is 2.46. The van der Waals surface area contributed by atoms with E-state index in [1.807, 2.05) is 0 Å². The summed E-state index contributed by atoms with van der Waals surface area (Å²) in [5, 5.41) is 0. The fourth-order valence-corrected chi connectivity index (χ4v) is 4.00. The third kappa shape index (κ3) is 4.28. The minimum Gasteiger partial charge on any atom is -0.469 e. The van der Waals surface area contributed by atoms with Crippen molar-refractivity contribution in [1.82, 2.24) is 4.90 Å². The topological polar surface area (TPSA) is 72.9 Å². The Morgan fingerprint density at radius 3 is 2.50 bits per heavy atom. The second-order valence-corrected chi connectivity index (χ2v) is 6.93. The summed E-state index contributed by atoms with van der Waals surface area (Å²) in [5.74, 6) is 0.112. The summed E-state index contributed by atoms with van der Waals surface area (Å²) in [5.41, 5.74) is -0.191. The van der Waals surface area contributed by atoms with Crippen molar-refractivity contribution < 1.29 is 23.3 Å². The predicted octanol–water partition coefficient (Wildman–Crippen LogP) is -0.0628. The number of rotatable bonds is 6. The largest absolute Gasteiger partial charge is 0.469 e. The number of hydrogen-bond acceptors (Lipinski definition) is 5. The third-order valence-electron chi connectivity index (χ3n) is 3.82. The van der Waals surface area contributed by atoms with Crippen LogP contribution in [-0.4, -0.2) is 65.9 Å². The lowest BCUT2D eigenvalue weighted by Gasteiger charge is -2.26. The Hall–Kier alpha value is -0.950. The Kier molecular flexibility index (Phi) is 5.15.